The molecule has 168 valence electrons. The highest BCUT2D eigenvalue weighted by Crippen LogP contribution is 2.38. The zero-order valence-corrected chi connectivity index (χ0v) is 19.5. The lowest BCUT2D eigenvalue weighted by Crippen LogP contribution is -2.43. The van der Waals surface area contributed by atoms with E-state index in [1.807, 2.05) is 17.9 Å². The van der Waals surface area contributed by atoms with Crippen LogP contribution in [0.2, 0.25) is 0 Å². The number of rotatable bonds is 6. The molecule has 1 fully saturated rings. The van der Waals surface area contributed by atoms with E-state index < -0.39 is 0 Å². The van der Waals surface area contributed by atoms with Crippen LogP contribution < -0.4 is 0 Å². The lowest BCUT2D eigenvalue weighted by molar-refractivity contribution is -0.151. The Morgan fingerprint density at radius 3 is 2.66 bits per heavy atom. The molecule has 0 saturated carbocycles. The van der Waals surface area contributed by atoms with Crippen LogP contribution in [0.25, 0.3) is 20.7 Å². The van der Waals surface area contributed by atoms with E-state index >= 15 is 0 Å². The van der Waals surface area contributed by atoms with Crippen molar-refractivity contribution in [1.29, 1.82) is 0 Å². The van der Waals surface area contributed by atoms with Crippen LogP contribution in [0.1, 0.15) is 26.7 Å². The van der Waals surface area contributed by atoms with Crippen molar-refractivity contribution in [3.8, 4) is 10.4 Å². The minimum atomic E-state index is -0.316. The summed E-state index contributed by atoms with van der Waals surface area (Å²) >= 11 is 2.95. The highest BCUT2D eigenvalue weighted by Gasteiger charge is 2.30. The molecule has 0 aliphatic carbocycles. The van der Waals surface area contributed by atoms with E-state index in [0.717, 1.165) is 25.7 Å². The van der Waals surface area contributed by atoms with Crippen molar-refractivity contribution in [1.82, 2.24) is 14.9 Å². The highest BCUT2D eigenvalue weighted by atomic mass is 32.2. The second kappa shape index (κ2) is 9.95. The summed E-state index contributed by atoms with van der Waals surface area (Å²) in [5, 5.41) is 0.444. The molecule has 9 heteroatoms. The quantitative estimate of drug-likeness (QED) is 0.291. The summed E-state index contributed by atoms with van der Waals surface area (Å²) in [6, 6.07) is 8.32. The SMILES string of the molecule is CCOC(=O)C1CCN(C(=O)C(C)Sc2ncnc3cc(-c4ccc(F)cc4)sc23)CC1. The minimum absolute atomic E-state index is 0.0411. The van der Waals surface area contributed by atoms with Crippen LogP contribution in [0.15, 0.2) is 41.7 Å². The Hall–Kier alpha value is -2.52. The number of halogens is 1. The molecule has 2 aromatic heterocycles. The number of fused-ring (bicyclic) bond motifs is 1. The first kappa shape index (κ1) is 22.7. The smallest absolute Gasteiger partial charge is 0.309 e. The highest BCUT2D eigenvalue weighted by molar-refractivity contribution is 8.00. The number of hydrogen-bond donors (Lipinski definition) is 0. The van der Waals surface area contributed by atoms with Gasteiger partial charge in [0.2, 0.25) is 5.91 Å². The lowest BCUT2D eigenvalue weighted by Gasteiger charge is -2.32. The Balaban J connectivity index is 1.44. The Morgan fingerprint density at radius 2 is 1.97 bits per heavy atom. The molecule has 0 N–H and O–H groups in total. The van der Waals surface area contributed by atoms with Gasteiger partial charge in [-0.1, -0.05) is 23.9 Å². The monoisotopic (exact) mass is 473 g/mol. The van der Waals surface area contributed by atoms with Crippen molar-refractivity contribution < 1.29 is 18.7 Å². The fourth-order valence-electron chi connectivity index (χ4n) is 3.74. The number of ether oxygens (including phenoxy) is 1. The third-order valence-corrected chi connectivity index (χ3v) is 7.87. The van der Waals surface area contributed by atoms with E-state index in [-0.39, 0.29) is 28.9 Å². The molecule has 1 atom stereocenters. The summed E-state index contributed by atoms with van der Waals surface area (Å²) in [6.45, 7) is 5.17. The van der Waals surface area contributed by atoms with Gasteiger partial charge in [-0.25, -0.2) is 14.4 Å². The molecular formula is C23H24FN3O3S2. The second-order valence-electron chi connectivity index (χ2n) is 7.62. The minimum Gasteiger partial charge on any atom is -0.466 e. The Morgan fingerprint density at radius 1 is 1.25 bits per heavy atom. The van der Waals surface area contributed by atoms with Gasteiger partial charge in [0, 0.05) is 18.0 Å². The van der Waals surface area contributed by atoms with Crippen molar-refractivity contribution in [2.24, 2.45) is 5.92 Å². The molecule has 32 heavy (non-hydrogen) atoms. The first-order valence-electron chi connectivity index (χ1n) is 10.6. The zero-order valence-electron chi connectivity index (χ0n) is 17.9. The fourth-order valence-corrected chi connectivity index (χ4v) is 5.92. The van der Waals surface area contributed by atoms with E-state index in [2.05, 4.69) is 9.97 Å². The molecule has 6 nitrogen and oxygen atoms in total. The molecule has 1 unspecified atom stereocenters. The topological polar surface area (TPSA) is 72.4 Å². The van der Waals surface area contributed by atoms with Gasteiger partial charge < -0.3 is 9.64 Å². The van der Waals surface area contributed by atoms with Crippen molar-refractivity contribution in [2.75, 3.05) is 19.7 Å². The maximum atomic E-state index is 13.3. The maximum absolute atomic E-state index is 13.3. The largest absolute Gasteiger partial charge is 0.466 e. The first-order chi connectivity index (χ1) is 15.5. The molecule has 0 radical (unpaired) electrons. The average Bonchev–Trinajstić information content (AvgIpc) is 3.24. The predicted octanol–water partition coefficient (Wildman–Crippen LogP) is 4.78. The van der Waals surface area contributed by atoms with Gasteiger partial charge in [0.1, 0.15) is 17.2 Å². The number of thioether (sulfide) groups is 1. The number of nitrogens with zero attached hydrogens (tertiary/aromatic N) is 3. The molecular weight excluding hydrogens is 449 g/mol. The van der Waals surface area contributed by atoms with Crippen LogP contribution >= 0.6 is 23.1 Å². The van der Waals surface area contributed by atoms with Gasteiger partial charge in [0.05, 0.1) is 28.0 Å². The molecule has 1 aromatic carbocycles. The summed E-state index contributed by atoms with van der Waals surface area (Å²) in [6.07, 6.45) is 2.77. The number of piperidine rings is 1. The standard InChI is InChI=1S/C23H24FN3O3S2/c1-3-30-23(29)16-8-10-27(11-9-16)22(28)14(2)31-21-20-18(25-13-26-21)12-19(32-20)15-4-6-17(24)7-5-15/h4-7,12-14,16H,3,8-11H2,1-2H3. The summed E-state index contributed by atoms with van der Waals surface area (Å²) < 4.78 is 19.3. The molecule has 3 heterocycles. The normalized spacial score (nSPS) is 15.7. The van der Waals surface area contributed by atoms with E-state index in [9.17, 15) is 14.0 Å². The maximum Gasteiger partial charge on any atom is 0.309 e. The summed E-state index contributed by atoms with van der Waals surface area (Å²) in [5.74, 6) is -0.525. The van der Waals surface area contributed by atoms with E-state index in [1.165, 1.54) is 41.6 Å². The lowest BCUT2D eigenvalue weighted by atomic mass is 9.97. The van der Waals surface area contributed by atoms with E-state index in [0.29, 0.717) is 32.5 Å². The van der Waals surface area contributed by atoms with Gasteiger partial charge >= 0.3 is 5.97 Å². The molecule has 3 aromatic rings. The number of hydrogen-bond acceptors (Lipinski definition) is 7. The van der Waals surface area contributed by atoms with Crippen molar-refractivity contribution >= 4 is 45.2 Å². The second-order valence-corrected chi connectivity index (χ2v) is 10.0. The fraction of sp³-hybridized carbons (Fsp3) is 0.391. The van der Waals surface area contributed by atoms with Crippen LogP contribution in [0.5, 0.6) is 0 Å². The van der Waals surface area contributed by atoms with E-state index in [4.69, 9.17) is 4.74 Å². The third kappa shape index (κ3) is 4.94. The first-order valence-corrected chi connectivity index (χ1v) is 12.3. The molecule has 1 aliphatic rings. The Kier molecular flexibility index (Phi) is 7.05. The van der Waals surface area contributed by atoms with Crippen molar-refractivity contribution in [3.63, 3.8) is 0 Å². The number of carbonyl (C=O) groups is 2. The van der Waals surface area contributed by atoms with Crippen LogP contribution in [-0.4, -0.2) is 51.7 Å². The number of thiophene rings is 1. The summed E-state index contributed by atoms with van der Waals surface area (Å²) in [4.78, 5) is 36.5. The summed E-state index contributed by atoms with van der Waals surface area (Å²) in [5.41, 5.74) is 1.72. The summed E-state index contributed by atoms with van der Waals surface area (Å²) in [7, 11) is 0. The molecule has 4 rings (SSSR count). The zero-order chi connectivity index (χ0) is 22.7. The Labute approximate surface area is 194 Å². The van der Waals surface area contributed by atoms with Crippen molar-refractivity contribution in [2.45, 2.75) is 37.0 Å². The predicted molar refractivity (Wildman–Crippen MR) is 124 cm³/mol. The number of amides is 1. The van der Waals surface area contributed by atoms with Gasteiger partial charge in [-0.3, -0.25) is 9.59 Å². The molecule has 0 bridgehead atoms. The number of esters is 1. The third-order valence-electron chi connectivity index (χ3n) is 5.47. The number of benzene rings is 1. The molecule has 1 saturated heterocycles. The van der Waals surface area contributed by atoms with Crippen LogP contribution in [0, 0.1) is 11.7 Å². The number of carbonyl (C=O) groups excluding carboxylic acids is 2. The van der Waals surface area contributed by atoms with Gasteiger partial charge in [0.15, 0.2) is 0 Å². The number of likely N-dealkylation sites (tertiary alicyclic amines) is 1. The van der Waals surface area contributed by atoms with Gasteiger partial charge in [-0.2, -0.15) is 0 Å². The molecule has 1 aliphatic heterocycles. The average molecular weight is 474 g/mol. The molecule has 1 amide bonds. The van der Waals surface area contributed by atoms with Crippen LogP contribution in [0.3, 0.4) is 0 Å². The van der Waals surface area contributed by atoms with Gasteiger partial charge in [-0.05, 0) is 50.5 Å². The van der Waals surface area contributed by atoms with Crippen LogP contribution in [-0.2, 0) is 14.3 Å². The number of aromatic nitrogens is 2. The van der Waals surface area contributed by atoms with Gasteiger partial charge in [0.25, 0.3) is 0 Å². The molecule has 0 spiro atoms. The van der Waals surface area contributed by atoms with Gasteiger partial charge in [-0.15, -0.1) is 11.3 Å². The van der Waals surface area contributed by atoms with Crippen molar-refractivity contribution in [3.05, 3.63) is 42.5 Å². The Bertz CT molecular complexity index is 1110. The van der Waals surface area contributed by atoms with Crippen LogP contribution in [0.4, 0.5) is 4.39 Å². The van der Waals surface area contributed by atoms with E-state index in [1.54, 1.807) is 19.1 Å².